The largest absolute Gasteiger partial charge is 0.325 e. The Kier molecular flexibility index (Phi) is 4.36. The summed E-state index contributed by atoms with van der Waals surface area (Å²) < 4.78 is 0. The second kappa shape index (κ2) is 4.50. The number of nitrogens with zero attached hydrogens (tertiary/aromatic N) is 1. The van der Waals surface area contributed by atoms with Crippen molar-refractivity contribution < 1.29 is 0 Å². The van der Waals surface area contributed by atoms with Gasteiger partial charge in [-0.25, -0.2) is 0 Å². The SMILES string of the molecule is C=CN(C(=N)CC)C(C)Br. The molecule has 0 bridgehead atoms. The van der Waals surface area contributed by atoms with Gasteiger partial charge in [-0.3, -0.25) is 5.41 Å². The minimum Gasteiger partial charge on any atom is -0.325 e. The predicted octanol–water partition coefficient (Wildman–Crippen LogP) is 2.56. The molecule has 2 nitrogen and oxygen atoms in total. The lowest BCUT2D eigenvalue weighted by molar-refractivity contribution is 0.544. The molecular weight excluding hydrogens is 192 g/mol. The van der Waals surface area contributed by atoms with Crippen molar-refractivity contribution in [2.24, 2.45) is 0 Å². The van der Waals surface area contributed by atoms with Crippen LogP contribution in [0.25, 0.3) is 0 Å². The third kappa shape index (κ3) is 2.52. The topological polar surface area (TPSA) is 27.1 Å². The predicted molar refractivity (Wildman–Crippen MR) is 48.4 cm³/mol. The fourth-order valence-electron chi connectivity index (χ4n) is 0.653. The number of halogens is 1. The summed E-state index contributed by atoms with van der Waals surface area (Å²) in [6.45, 7) is 7.52. The van der Waals surface area contributed by atoms with Gasteiger partial charge in [-0.05, 0) is 13.1 Å². The summed E-state index contributed by atoms with van der Waals surface area (Å²) in [4.78, 5) is 1.94. The first-order valence-corrected chi connectivity index (χ1v) is 4.17. The fourth-order valence-corrected chi connectivity index (χ4v) is 1.07. The number of amidine groups is 1. The van der Waals surface area contributed by atoms with Gasteiger partial charge in [-0.2, -0.15) is 0 Å². The standard InChI is InChI=1S/C7H13BrN2/c1-4-7(9)10(5-2)6(3)8/h5-6,9H,2,4H2,1,3H3. The average Bonchev–Trinajstić information content (AvgIpc) is 1.88. The van der Waals surface area contributed by atoms with Gasteiger partial charge in [-0.1, -0.05) is 29.4 Å². The molecule has 0 aromatic heterocycles. The number of hydrogen-bond donors (Lipinski definition) is 1. The lowest BCUT2D eigenvalue weighted by Gasteiger charge is -2.22. The highest BCUT2D eigenvalue weighted by Crippen LogP contribution is 2.08. The Morgan fingerprint density at radius 3 is 2.50 bits per heavy atom. The summed E-state index contributed by atoms with van der Waals surface area (Å²) in [5.74, 6) is 0.583. The second-order valence-corrected chi connectivity index (χ2v) is 3.29. The number of alkyl halides is 1. The second-order valence-electron chi connectivity index (χ2n) is 1.96. The molecule has 0 radical (unpaired) electrons. The quantitative estimate of drug-likeness (QED) is 0.326. The lowest BCUT2D eigenvalue weighted by atomic mass is 10.4. The van der Waals surface area contributed by atoms with Crippen LogP contribution in [0.15, 0.2) is 12.8 Å². The number of nitrogens with one attached hydrogen (secondary N) is 1. The third-order valence-electron chi connectivity index (χ3n) is 1.23. The van der Waals surface area contributed by atoms with Gasteiger partial charge in [0, 0.05) is 6.42 Å². The monoisotopic (exact) mass is 204 g/mol. The Morgan fingerprint density at radius 1 is 1.90 bits per heavy atom. The Bertz CT molecular complexity index is 132. The molecule has 0 aromatic rings. The van der Waals surface area contributed by atoms with Crippen molar-refractivity contribution in [3.8, 4) is 0 Å². The maximum absolute atomic E-state index is 7.45. The van der Waals surface area contributed by atoms with Gasteiger partial charge < -0.3 is 4.90 Å². The molecule has 0 aromatic carbocycles. The van der Waals surface area contributed by atoms with E-state index in [9.17, 15) is 0 Å². The van der Waals surface area contributed by atoms with Crippen LogP contribution >= 0.6 is 15.9 Å². The van der Waals surface area contributed by atoms with Crippen molar-refractivity contribution in [3.05, 3.63) is 12.8 Å². The molecule has 0 aliphatic rings. The molecule has 0 spiro atoms. The van der Waals surface area contributed by atoms with Gasteiger partial charge in [-0.15, -0.1) is 0 Å². The van der Waals surface area contributed by atoms with E-state index in [4.69, 9.17) is 5.41 Å². The lowest BCUT2D eigenvalue weighted by Crippen LogP contribution is -2.28. The van der Waals surface area contributed by atoms with Crippen LogP contribution in [-0.4, -0.2) is 15.7 Å². The molecule has 3 heteroatoms. The number of rotatable bonds is 3. The fraction of sp³-hybridized carbons (Fsp3) is 0.571. The first-order chi connectivity index (χ1) is 4.63. The summed E-state index contributed by atoms with van der Waals surface area (Å²) in [6.07, 6.45) is 2.40. The van der Waals surface area contributed by atoms with Gasteiger partial charge in [0.2, 0.25) is 0 Å². The van der Waals surface area contributed by atoms with Crippen LogP contribution in [0.2, 0.25) is 0 Å². The molecule has 0 fully saturated rings. The molecule has 0 saturated heterocycles. The molecule has 1 unspecified atom stereocenters. The van der Waals surface area contributed by atoms with Gasteiger partial charge in [0.25, 0.3) is 0 Å². The molecular formula is C7H13BrN2. The van der Waals surface area contributed by atoms with E-state index in [2.05, 4.69) is 22.5 Å². The van der Waals surface area contributed by atoms with E-state index in [1.165, 1.54) is 0 Å². The highest BCUT2D eigenvalue weighted by molar-refractivity contribution is 9.09. The maximum Gasteiger partial charge on any atom is 0.100 e. The van der Waals surface area contributed by atoms with Gasteiger partial charge in [0.1, 0.15) is 5.84 Å². The summed E-state index contributed by atoms with van der Waals surface area (Å²) >= 11 is 3.36. The van der Waals surface area contributed by atoms with Gasteiger partial charge in [0.15, 0.2) is 0 Å². The van der Waals surface area contributed by atoms with Crippen LogP contribution < -0.4 is 0 Å². The summed E-state index contributed by atoms with van der Waals surface area (Å²) in [7, 11) is 0. The van der Waals surface area contributed by atoms with Gasteiger partial charge in [0.05, 0.1) is 4.95 Å². The molecule has 0 amide bonds. The molecule has 0 saturated carbocycles. The van der Waals surface area contributed by atoms with E-state index < -0.39 is 0 Å². The van der Waals surface area contributed by atoms with Crippen molar-refractivity contribution in [1.29, 1.82) is 5.41 Å². The van der Waals surface area contributed by atoms with Crippen molar-refractivity contribution in [1.82, 2.24) is 4.90 Å². The Labute approximate surface area is 70.6 Å². The van der Waals surface area contributed by atoms with Crippen molar-refractivity contribution >= 4 is 21.8 Å². The van der Waals surface area contributed by atoms with Crippen LogP contribution in [0, 0.1) is 5.41 Å². The van der Waals surface area contributed by atoms with E-state index in [-0.39, 0.29) is 4.95 Å². The maximum atomic E-state index is 7.45. The highest BCUT2D eigenvalue weighted by Gasteiger charge is 2.07. The average molecular weight is 205 g/mol. The highest BCUT2D eigenvalue weighted by atomic mass is 79.9. The number of hydrogen-bond acceptors (Lipinski definition) is 1. The first kappa shape index (κ1) is 9.69. The summed E-state index contributed by atoms with van der Waals surface area (Å²) in [5.41, 5.74) is 0. The Hall–Kier alpha value is -0.310. The van der Waals surface area contributed by atoms with Crippen LogP contribution in [0.5, 0.6) is 0 Å². The first-order valence-electron chi connectivity index (χ1n) is 3.25. The molecule has 0 heterocycles. The zero-order valence-corrected chi connectivity index (χ0v) is 7.98. The molecule has 10 heavy (non-hydrogen) atoms. The third-order valence-corrected chi connectivity index (χ3v) is 1.67. The molecule has 1 N–H and O–H groups in total. The molecule has 1 atom stereocenters. The normalized spacial score (nSPS) is 12.3. The zero-order chi connectivity index (χ0) is 8.15. The van der Waals surface area contributed by atoms with E-state index in [0.717, 1.165) is 6.42 Å². The molecule has 58 valence electrons. The molecule has 0 aliphatic heterocycles. The van der Waals surface area contributed by atoms with E-state index >= 15 is 0 Å². The smallest absolute Gasteiger partial charge is 0.100 e. The minimum atomic E-state index is 0.164. The van der Waals surface area contributed by atoms with E-state index in [1.54, 1.807) is 11.1 Å². The van der Waals surface area contributed by atoms with E-state index in [0.29, 0.717) is 5.84 Å². The Balaban J connectivity index is 4.06. The van der Waals surface area contributed by atoms with Gasteiger partial charge >= 0.3 is 0 Å². The van der Waals surface area contributed by atoms with Crippen LogP contribution in [0.3, 0.4) is 0 Å². The van der Waals surface area contributed by atoms with Crippen molar-refractivity contribution in [2.75, 3.05) is 0 Å². The minimum absolute atomic E-state index is 0.164. The van der Waals surface area contributed by atoms with Crippen LogP contribution in [-0.2, 0) is 0 Å². The Morgan fingerprint density at radius 2 is 2.40 bits per heavy atom. The van der Waals surface area contributed by atoms with Crippen molar-refractivity contribution in [3.63, 3.8) is 0 Å². The van der Waals surface area contributed by atoms with Crippen molar-refractivity contribution in [2.45, 2.75) is 25.2 Å². The van der Waals surface area contributed by atoms with Crippen LogP contribution in [0.4, 0.5) is 0 Å². The summed E-state index contributed by atoms with van der Waals surface area (Å²) in [5, 5.41) is 7.45. The van der Waals surface area contributed by atoms with Crippen LogP contribution in [0.1, 0.15) is 20.3 Å². The van der Waals surface area contributed by atoms with E-state index in [1.807, 2.05) is 13.8 Å². The summed E-state index contributed by atoms with van der Waals surface area (Å²) in [6, 6.07) is 0. The molecule has 0 rings (SSSR count). The zero-order valence-electron chi connectivity index (χ0n) is 6.39. The molecule has 0 aliphatic carbocycles.